The van der Waals surface area contributed by atoms with E-state index in [1.807, 2.05) is 19.2 Å². The molecule has 0 unspecified atom stereocenters. The number of nitrogens with one attached hydrogen (secondary N) is 1. The van der Waals surface area contributed by atoms with Crippen molar-refractivity contribution < 1.29 is 4.39 Å². The van der Waals surface area contributed by atoms with Crippen LogP contribution in [0.15, 0.2) is 53.5 Å². The molecule has 0 radical (unpaired) electrons. The average Bonchev–Trinajstić information content (AvgIpc) is 2.70. The van der Waals surface area contributed by atoms with Gasteiger partial charge < -0.3 is 20.0 Å². The Morgan fingerprint density at radius 3 is 2.24 bits per heavy atom. The lowest BCUT2D eigenvalue weighted by Crippen LogP contribution is -2.52. The van der Waals surface area contributed by atoms with Crippen molar-refractivity contribution in [2.75, 3.05) is 52.2 Å². The summed E-state index contributed by atoms with van der Waals surface area (Å²) in [6.45, 7) is 4.83. The van der Waals surface area contributed by atoms with Crippen LogP contribution in [-0.4, -0.2) is 63.1 Å². The number of nitrogens with zero attached hydrogens (tertiary/aromatic N) is 4. The lowest BCUT2D eigenvalue weighted by molar-refractivity contribution is 0.370. The zero-order chi connectivity index (χ0) is 19.9. The summed E-state index contributed by atoms with van der Waals surface area (Å²) < 4.78 is 14.0. The van der Waals surface area contributed by atoms with Crippen molar-refractivity contribution in [1.82, 2.24) is 15.1 Å². The van der Waals surface area contributed by atoms with Crippen LogP contribution in [0.2, 0.25) is 0 Å². The highest BCUT2D eigenvalue weighted by molar-refractivity contribution is 14.0. The molecule has 3 rings (SSSR count). The van der Waals surface area contributed by atoms with Gasteiger partial charge in [-0.25, -0.2) is 4.39 Å². The van der Waals surface area contributed by atoms with Crippen LogP contribution in [0.5, 0.6) is 0 Å². The molecule has 1 aliphatic heterocycles. The number of guanidine groups is 1. The largest absolute Gasteiger partial charge is 0.366 e. The first-order chi connectivity index (χ1) is 13.6. The molecule has 0 spiro atoms. The van der Waals surface area contributed by atoms with E-state index in [1.165, 1.54) is 17.2 Å². The third-order valence-corrected chi connectivity index (χ3v) is 5.03. The Kier molecular flexibility index (Phi) is 9.16. The average molecular weight is 511 g/mol. The molecule has 0 amide bonds. The van der Waals surface area contributed by atoms with Crippen molar-refractivity contribution >= 4 is 35.6 Å². The van der Waals surface area contributed by atoms with Gasteiger partial charge in [-0.05, 0) is 37.4 Å². The molecule has 0 saturated carbocycles. The number of anilines is 1. The van der Waals surface area contributed by atoms with E-state index < -0.39 is 0 Å². The maximum atomic E-state index is 14.0. The van der Waals surface area contributed by atoms with Crippen molar-refractivity contribution in [2.45, 2.75) is 13.1 Å². The Morgan fingerprint density at radius 2 is 1.62 bits per heavy atom. The third-order valence-electron chi connectivity index (χ3n) is 5.03. The molecular formula is C22H31FIN5. The Balaban J connectivity index is 0.00000300. The lowest BCUT2D eigenvalue weighted by Gasteiger charge is -2.37. The maximum Gasteiger partial charge on any atom is 0.194 e. The molecule has 1 saturated heterocycles. The van der Waals surface area contributed by atoms with Gasteiger partial charge in [0.1, 0.15) is 5.82 Å². The van der Waals surface area contributed by atoms with E-state index in [9.17, 15) is 4.39 Å². The fourth-order valence-corrected chi connectivity index (χ4v) is 3.60. The Labute approximate surface area is 190 Å². The van der Waals surface area contributed by atoms with E-state index in [4.69, 9.17) is 0 Å². The molecule has 0 aromatic heterocycles. The smallest absolute Gasteiger partial charge is 0.194 e. The van der Waals surface area contributed by atoms with Gasteiger partial charge in [0, 0.05) is 46.3 Å². The summed E-state index contributed by atoms with van der Waals surface area (Å²) in [5.41, 5.74) is 3.28. The number of para-hydroxylation sites is 1. The second kappa shape index (κ2) is 11.3. The molecule has 1 aliphatic rings. The molecule has 0 bridgehead atoms. The topological polar surface area (TPSA) is 34.1 Å². The van der Waals surface area contributed by atoms with Crippen LogP contribution in [0.1, 0.15) is 11.1 Å². The van der Waals surface area contributed by atoms with Gasteiger partial charge in [-0.3, -0.25) is 4.99 Å². The van der Waals surface area contributed by atoms with Crippen LogP contribution in [-0.2, 0) is 13.1 Å². The SMILES string of the molecule is CN=C(NCc1ccccc1CN(C)C)N1CCN(c2ccccc2F)CC1.I. The van der Waals surface area contributed by atoms with E-state index in [0.29, 0.717) is 5.69 Å². The fourth-order valence-electron chi connectivity index (χ4n) is 3.60. The highest BCUT2D eigenvalue weighted by Gasteiger charge is 2.21. The van der Waals surface area contributed by atoms with Gasteiger partial charge >= 0.3 is 0 Å². The van der Waals surface area contributed by atoms with E-state index in [0.717, 1.165) is 45.2 Å². The number of halogens is 2. The zero-order valence-corrected chi connectivity index (χ0v) is 19.8. The molecule has 0 aliphatic carbocycles. The fraction of sp³-hybridized carbons (Fsp3) is 0.409. The highest BCUT2D eigenvalue weighted by atomic mass is 127. The molecule has 158 valence electrons. The molecule has 1 fully saturated rings. The molecule has 5 nitrogen and oxygen atoms in total. The molecule has 0 atom stereocenters. The summed E-state index contributed by atoms with van der Waals surface area (Å²) in [5.74, 6) is 0.740. The van der Waals surface area contributed by atoms with E-state index in [-0.39, 0.29) is 29.8 Å². The van der Waals surface area contributed by atoms with Gasteiger partial charge in [-0.15, -0.1) is 24.0 Å². The van der Waals surface area contributed by atoms with E-state index >= 15 is 0 Å². The quantitative estimate of drug-likeness (QED) is 0.379. The number of piperazine rings is 1. The van der Waals surface area contributed by atoms with Gasteiger partial charge in [0.25, 0.3) is 0 Å². The van der Waals surface area contributed by atoms with Crippen LogP contribution in [0, 0.1) is 5.82 Å². The van der Waals surface area contributed by atoms with Gasteiger partial charge in [0.05, 0.1) is 5.69 Å². The molecule has 2 aromatic rings. The Hall–Kier alpha value is -1.87. The molecule has 29 heavy (non-hydrogen) atoms. The third kappa shape index (κ3) is 6.30. The highest BCUT2D eigenvalue weighted by Crippen LogP contribution is 2.20. The number of hydrogen-bond acceptors (Lipinski definition) is 3. The second-order valence-electron chi connectivity index (χ2n) is 7.33. The first-order valence-corrected chi connectivity index (χ1v) is 9.75. The summed E-state index contributed by atoms with van der Waals surface area (Å²) >= 11 is 0. The second-order valence-corrected chi connectivity index (χ2v) is 7.33. The van der Waals surface area contributed by atoms with E-state index in [2.05, 4.69) is 63.4 Å². The number of aliphatic imine (C=N–C) groups is 1. The minimum absolute atomic E-state index is 0. The van der Waals surface area contributed by atoms with Gasteiger partial charge in [0.2, 0.25) is 0 Å². The first-order valence-electron chi connectivity index (χ1n) is 9.75. The van der Waals surface area contributed by atoms with Crippen LogP contribution in [0.3, 0.4) is 0 Å². The van der Waals surface area contributed by atoms with Crippen LogP contribution in [0.4, 0.5) is 10.1 Å². The van der Waals surface area contributed by atoms with Crippen LogP contribution in [0.25, 0.3) is 0 Å². The Morgan fingerprint density at radius 1 is 1.00 bits per heavy atom. The molecular weight excluding hydrogens is 480 g/mol. The number of benzene rings is 2. The van der Waals surface area contributed by atoms with Crippen molar-refractivity contribution in [3.05, 3.63) is 65.5 Å². The van der Waals surface area contributed by atoms with Gasteiger partial charge in [-0.1, -0.05) is 36.4 Å². The molecule has 7 heteroatoms. The van der Waals surface area contributed by atoms with Crippen LogP contribution >= 0.6 is 24.0 Å². The molecule has 1 N–H and O–H groups in total. The van der Waals surface area contributed by atoms with Gasteiger partial charge in [-0.2, -0.15) is 0 Å². The molecule has 2 aromatic carbocycles. The molecule has 1 heterocycles. The van der Waals surface area contributed by atoms with Crippen LogP contribution < -0.4 is 10.2 Å². The van der Waals surface area contributed by atoms with E-state index in [1.54, 1.807) is 6.07 Å². The zero-order valence-electron chi connectivity index (χ0n) is 17.4. The summed E-state index contributed by atoms with van der Waals surface area (Å²) in [4.78, 5) is 11.0. The minimum atomic E-state index is -0.157. The summed E-state index contributed by atoms with van der Waals surface area (Å²) in [5, 5.41) is 3.50. The first kappa shape index (κ1) is 23.4. The minimum Gasteiger partial charge on any atom is -0.366 e. The number of hydrogen-bond donors (Lipinski definition) is 1. The monoisotopic (exact) mass is 511 g/mol. The Bertz CT molecular complexity index is 803. The van der Waals surface area contributed by atoms with Crippen molar-refractivity contribution in [1.29, 1.82) is 0 Å². The van der Waals surface area contributed by atoms with Crippen molar-refractivity contribution in [2.24, 2.45) is 4.99 Å². The summed E-state index contributed by atoms with van der Waals surface area (Å²) in [7, 11) is 5.98. The normalized spacial score (nSPS) is 14.7. The van der Waals surface area contributed by atoms with Gasteiger partial charge in [0.15, 0.2) is 5.96 Å². The van der Waals surface area contributed by atoms with Crippen molar-refractivity contribution in [3.8, 4) is 0 Å². The lowest BCUT2D eigenvalue weighted by atomic mass is 10.1. The standard InChI is InChI=1S/C22H30FN5.HI/c1-24-22(25-16-18-8-4-5-9-19(18)17-26(2)3)28-14-12-27(13-15-28)21-11-7-6-10-20(21)23;/h4-11H,12-17H2,1-3H3,(H,24,25);1H. The summed E-state index contributed by atoms with van der Waals surface area (Å²) in [6, 6.07) is 15.5. The predicted octanol–water partition coefficient (Wildman–Crippen LogP) is 3.40. The number of rotatable bonds is 5. The summed E-state index contributed by atoms with van der Waals surface area (Å²) in [6.07, 6.45) is 0. The van der Waals surface area contributed by atoms with Crippen molar-refractivity contribution in [3.63, 3.8) is 0 Å². The predicted molar refractivity (Wildman–Crippen MR) is 130 cm³/mol. The maximum absolute atomic E-state index is 14.0.